The maximum absolute atomic E-state index is 12.9. The molecule has 1 aromatic heterocycles. The molecule has 3 heterocycles. The summed E-state index contributed by atoms with van der Waals surface area (Å²) in [6, 6.07) is 1.33. The molecule has 8 heteroatoms. The van der Waals surface area contributed by atoms with Gasteiger partial charge in [-0.3, -0.25) is 4.90 Å². The lowest BCUT2D eigenvalue weighted by Gasteiger charge is -2.34. The van der Waals surface area contributed by atoms with Crippen LogP contribution in [-0.2, 0) is 10.9 Å². The van der Waals surface area contributed by atoms with E-state index in [1.54, 1.807) is 7.11 Å². The zero-order chi connectivity index (χ0) is 16.5. The Labute approximate surface area is 132 Å². The van der Waals surface area contributed by atoms with E-state index in [0.29, 0.717) is 6.61 Å². The summed E-state index contributed by atoms with van der Waals surface area (Å²) >= 11 is 0. The largest absolute Gasteiger partial charge is 0.490 e. The lowest BCUT2D eigenvalue weighted by Crippen LogP contribution is -2.47. The third-order valence-corrected chi connectivity index (χ3v) is 4.83. The Balaban J connectivity index is 1.68. The van der Waals surface area contributed by atoms with Crippen molar-refractivity contribution in [3.05, 3.63) is 18.0 Å². The van der Waals surface area contributed by atoms with Gasteiger partial charge in [0.15, 0.2) is 5.75 Å². The van der Waals surface area contributed by atoms with E-state index >= 15 is 0 Å². The second-order valence-corrected chi connectivity index (χ2v) is 6.20. The summed E-state index contributed by atoms with van der Waals surface area (Å²) in [5.74, 6) is -0.254. The molecule has 0 spiro atoms. The van der Waals surface area contributed by atoms with Gasteiger partial charge in [0.2, 0.25) is 5.69 Å². The average molecular weight is 331 g/mol. The maximum atomic E-state index is 12.9. The van der Waals surface area contributed by atoms with Crippen molar-refractivity contribution in [1.29, 1.82) is 0 Å². The van der Waals surface area contributed by atoms with Gasteiger partial charge in [0, 0.05) is 24.8 Å². The quantitative estimate of drug-likeness (QED) is 0.830. The van der Waals surface area contributed by atoms with Crippen LogP contribution in [0.25, 0.3) is 0 Å². The highest BCUT2D eigenvalue weighted by Crippen LogP contribution is 2.43. The number of halogens is 3. The predicted octanol–water partition coefficient (Wildman–Crippen LogP) is 2.52. The Morgan fingerprint density at radius 2 is 2.22 bits per heavy atom. The second kappa shape index (κ2) is 6.24. The van der Waals surface area contributed by atoms with Gasteiger partial charge in [-0.05, 0) is 32.2 Å². The normalized spacial score (nSPS) is 28.1. The van der Waals surface area contributed by atoms with Crippen LogP contribution in [0.5, 0.6) is 5.75 Å². The standard InChI is InChI=1S/C15H20F3N3O2/c1-22-10-14-5-2-8-21(14)11(3-6-14)9-23-12-4-7-19-20-13(12)15(16,17)18/h4,7,11H,2-3,5-6,8-10H2,1H3. The van der Waals surface area contributed by atoms with E-state index in [9.17, 15) is 13.2 Å². The Bertz CT molecular complexity index is 555. The first-order valence-corrected chi connectivity index (χ1v) is 7.74. The molecule has 0 amide bonds. The van der Waals surface area contributed by atoms with Gasteiger partial charge in [0.25, 0.3) is 0 Å². The number of methoxy groups -OCH3 is 1. The number of fused-ring (bicyclic) bond motifs is 1. The molecule has 2 fully saturated rings. The molecule has 0 aromatic carbocycles. The van der Waals surface area contributed by atoms with Crippen molar-refractivity contribution in [3.63, 3.8) is 0 Å². The van der Waals surface area contributed by atoms with Crippen molar-refractivity contribution in [2.75, 3.05) is 26.9 Å². The van der Waals surface area contributed by atoms with Crippen LogP contribution in [-0.4, -0.2) is 53.5 Å². The van der Waals surface area contributed by atoms with Crippen molar-refractivity contribution in [2.24, 2.45) is 0 Å². The minimum Gasteiger partial charge on any atom is -0.490 e. The van der Waals surface area contributed by atoms with E-state index in [0.717, 1.165) is 32.2 Å². The van der Waals surface area contributed by atoms with Gasteiger partial charge in [-0.2, -0.15) is 18.3 Å². The first-order chi connectivity index (χ1) is 11.0. The molecular formula is C15H20F3N3O2. The molecule has 0 N–H and O–H groups in total. The van der Waals surface area contributed by atoms with Gasteiger partial charge in [0.05, 0.1) is 12.8 Å². The molecule has 23 heavy (non-hydrogen) atoms. The lowest BCUT2D eigenvalue weighted by molar-refractivity contribution is -0.143. The van der Waals surface area contributed by atoms with Crippen LogP contribution in [0.15, 0.2) is 12.3 Å². The molecule has 0 bridgehead atoms. The smallest absolute Gasteiger partial charge is 0.438 e. The fraction of sp³-hybridized carbons (Fsp3) is 0.733. The molecule has 2 saturated heterocycles. The second-order valence-electron chi connectivity index (χ2n) is 6.20. The highest BCUT2D eigenvalue weighted by molar-refractivity contribution is 5.27. The summed E-state index contributed by atoms with van der Waals surface area (Å²) in [5.41, 5.74) is -1.03. The summed E-state index contributed by atoms with van der Waals surface area (Å²) in [5, 5.41) is 6.47. The van der Waals surface area contributed by atoms with E-state index in [-0.39, 0.29) is 23.9 Å². The summed E-state index contributed by atoms with van der Waals surface area (Å²) in [6.45, 7) is 1.83. The van der Waals surface area contributed by atoms with E-state index in [1.165, 1.54) is 12.3 Å². The Morgan fingerprint density at radius 3 is 2.96 bits per heavy atom. The summed E-state index contributed by atoms with van der Waals surface area (Å²) < 4.78 is 49.6. The van der Waals surface area contributed by atoms with Crippen LogP contribution in [0.3, 0.4) is 0 Å². The van der Waals surface area contributed by atoms with Crippen LogP contribution in [0.2, 0.25) is 0 Å². The molecule has 3 rings (SSSR count). The topological polar surface area (TPSA) is 47.5 Å². The van der Waals surface area contributed by atoms with Crippen LogP contribution in [0, 0.1) is 0 Å². The third kappa shape index (κ3) is 3.14. The fourth-order valence-corrected chi connectivity index (χ4v) is 3.88. The van der Waals surface area contributed by atoms with Crippen LogP contribution in [0.1, 0.15) is 31.4 Å². The summed E-state index contributed by atoms with van der Waals surface area (Å²) in [6.07, 6.45) is 0.711. The Morgan fingerprint density at radius 1 is 1.39 bits per heavy atom. The molecule has 2 aliphatic rings. The van der Waals surface area contributed by atoms with Gasteiger partial charge in [0.1, 0.15) is 6.61 Å². The molecule has 1 aromatic rings. The predicted molar refractivity (Wildman–Crippen MR) is 76.1 cm³/mol. The van der Waals surface area contributed by atoms with Gasteiger partial charge in [-0.25, -0.2) is 0 Å². The number of aromatic nitrogens is 2. The minimum atomic E-state index is -4.56. The molecular weight excluding hydrogens is 311 g/mol. The highest BCUT2D eigenvalue weighted by Gasteiger charge is 2.49. The molecule has 5 nitrogen and oxygen atoms in total. The maximum Gasteiger partial charge on any atom is 0.438 e. The minimum absolute atomic E-state index is 0.0339. The number of hydrogen-bond acceptors (Lipinski definition) is 5. The van der Waals surface area contributed by atoms with Gasteiger partial charge in [-0.15, -0.1) is 5.10 Å². The fourth-order valence-electron chi connectivity index (χ4n) is 3.88. The monoisotopic (exact) mass is 331 g/mol. The van der Waals surface area contributed by atoms with Crippen molar-refractivity contribution < 1.29 is 22.6 Å². The van der Waals surface area contributed by atoms with Crippen LogP contribution in [0.4, 0.5) is 13.2 Å². The number of alkyl halides is 3. The number of rotatable bonds is 5. The van der Waals surface area contributed by atoms with Crippen molar-refractivity contribution in [1.82, 2.24) is 15.1 Å². The average Bonchev–Trinajstić information content (AvgIpc) is 3.04. The van der Waals surface area contributed by atoms with Gasteiger partial charge >= 0.3 is 6.18 Å². The SMILES string of the molecule is COCC12CCCN1C(COc1ccnnc1C(F)(F)F)CC2. The van der Waals surface area contributed by atoms with E-state index in [1.807, 2.05) is 0 Å². The molecule has 0 aliphatic carbocycles. The van der Waals surface area contributed by atoms with Crippen molar-refractivity contribution in [3.8, 4) is 5.75 Å². The van der Waals surface area contributed by atoms with E-state index in [4.69, 9.17) is 9.47 Å². The van der Waals surface area contributed by atoms with Crippen LogP contribution >= 0.6 is 0 Å². The molecule has 0 saturated carbocycles. The van der Waals surface area contributed by atoms with E-state index < -0.39 is 11.9 Å². The first-order valence-electron chi connectivity index (χ1n) is 7.74. The molecule has 2 unspecified atom stereocenters. The van der Waals surface area contributed by atoms with Crippen molar-refractivity contribution in [2.45, 2.75) is 43.4 Å². The lowest BCUT2D eigenvalue weighted by atomic mass is 9.95. The van der Waals surface area contributed by atoms with Crippen molar-refractivity contribution >= 4 is 0 Å². The number of nitrogens with zero attached hydrogens (tertiary/aromatic N) is 3. The number of hydrogen-bond donors (Lipinski definition) is 0. The van der Waals surface area contributed by atoms with Crippen LogP contribution < -0.4 is 4.74 Å². The molecule has 2 atom stereocenters. The summed E-state index contributed by atoms with van der Waals surface area (Å²) in [7, 11) is 1.69. The Hall–Kier alpha value is -1.41. The number of ether oxygens (including phenoxy) is 2. The highest BCUT2D eigenvalue weighted by atomic mass is 19.4. The molecule has 128 valence electrons. The summed E-state index contributed by atoms with van der Waals surface area (Å²) in [4.78, 5) is 2.35. The van der Waals surface area contributed by atoms with Gasteiger partial charge < -0.3 is 9.47 Å². The third-order valence-electron chi connectivity index (χ3n) is 4.83. The molecule has 2 aliphatic heterocycles. The van der Waals surface area contributed by atoms with E-state index in [2.05, 4.69) is 15.1 Å². The molecule has 0 radical (unpaired) electrons. The first kappa shape index (κ1) is 16.4. The zero-order valence-electron chi connectivity index (χ0n) is 13.0. The zero-order valence-corrected chi connectivity index (χ0v) is 13.0. The Kier molecular flexibility index (Phi) is 4.46. The van der Waals surface area contributed by atoms with Gasteiger partial charge in [-0.1, -0.05) is 0 Å².